The van der Waals surface area contributed by atoms with E-state index in [1.54, 1.807) is 0 Å². The lowest BCUT2D eigenvalue weighted by atomic mass is 9.98. The summed E-state index contributed by atoms with van der Waals surface area (Å²) in [4.78, 5) is 0. The van der Waals surface area contributed by atoms with Gasteiger partial charge in [0.1, 0.15) is 0 Å². The Kier molecular flexibility index (Phi) is 4.22. The number of rotatable bonds is 6. The van der Waals surface area contributed by atoms with Gasteiger partial charge in [0.05, 0.1) is 0 Å². The third-order valence-electron chi connectivity index (χ3n) is 3.79. The van der Waals surface area contributed by atoms with Gasteiger partial charge in [-0.15, -0.1) is 0 Å². The van der Waals surface area contributed by atoms with Gasteiger partial charge in [-0.3, -0.25) is 0 Å². The van der Waals surface area contributed by atoms with Gasteiger partial charge in [-0.1, -0.05) is 42.2 Å². The molecule has 0 radical (unpaired) electrons. The van der Waals surface area contributed by atoms with Crippen LogP contribution in [0.1, 0.15) is 42.4 Å². The Hall–Kier alpha value is -0.820. The second-order valence-corrected chi connectivity index (χ2v) is 5.71. The SMILES string of the molecule is CNC(CCC1CC1)Cc1cc(C)cc(C)c1. The Labute approximate surface area is 106 Å². The number of aryl methyl sites for hydroxylation is 2. The molecule has 0 aromatic heterocycles. The largest absolute Gasteiger partial charge is 0.317 e. The molecule has 1 nitrogen and oxygen atoms in total. The molecule has 2 rings (SSSR count). The topological polar surface area (TPSA) is 12.0 Å². The molecule has 1 fully saturated rings. The van der Waals surface area contributed by atoms with Gasteiger partial charge in [0.25, 0.3) is 0 Å². The van der Waals surface area contributed by atoms with Crippen molar-refractivity contribution < 1.29 is 0 Å². The van der Waals surface area contributed by atoms with Crippen LogP contribution >= 0.6 is 0 Å². The van der Waals surface area contributed by atoms with Gasteiger partial charge in [0.2, 0.25) is 0 Å². The quantitative estimate of drug-likeness (QED) is 0.788. The van der Waals surface area contributed by atoms with Crippen LogP contribution < -0.4 is 5.32 Å². The molecule has 1 heteroatoms. The van der Waals surface area contributed by atoms with Gasteiger partial charge < -0.3 is 5.32 Å². The van der Waals surface area contributed by atoms with E-state index in [4.69, 9.17) is 0 Å². The van der Waals surface area contributed by atoms with Crippen molar-refractivity contribution >= 4 is 0 Å². The third kappa shape index (κ3) is 4.16. The Balaban J connectivity index is 1.91. The van der Waals surface area contributed by atoms with E-state index in [-0.39, 0.29) is 0 Å². The van der Waals surface area contributed by atoms with E-state index in [1.807, 2.05) is 0 Å². The van der Waals surface area contributed by atoms with Gasteiger partial charge in [-0.25, -0.2) is 0 Å². The Morgan fingerprint density at radius 2 is 1.82 bits per heavy atom. The predicted octanol–water partition coefficient (Wildman–Crippen LogP) is 3.62. The van der Waals surface area contributed by atoms with Crippen molar-refractivity contribution in [1.82, 2.24) is 5.32 Å². The Morgan fingerprint density at radius 1 is 1.18 bits per heavy atom. The summed E-state index contributed by atoms with van der Waals surface area (Å²) in [5.74, 6) is 1.05. The fourth-order valence-corrected chi connectivity index (χ4v) is 2.66. The van der Waals surface area contributed by atoms with E-state index in [9.17, 15) is 0 Å². The van der Waals surface area contributed by atoms with E-state index >= 15 is 0 Å². The molecule has 17 heavy (non-hydrogen) atoms. The molecule has 0 bridgehead atoms. The zero-order chi connectivity index (χ0) is 12.3. The van der Waals surface area contributed by atoms with Gasteiger partial charge in [-0.05, 0) is 51.6 Å². The Morgan fingerprint density at radius 3 is 2.35 bits per heavy atom. The van der Waals surface area contributed by atoms with Crippen molar-refractivity contribution in [1.29, 1.82) is 0 Å². The summed E-state index contributed by atoms with van der Waals surface area (Å²) in [5, 5.41) is 3.47. The maximum absolute atomic E-state index is 3.47. The van der Waals surface area contributed by atoms with E-state index in [2.05, 4.69) is 44.4 Å². The van der Waals surface area contributed by atoms with Crippen LogP contribution in [0.4, 0.5) is 0 Å². The molecule has 1 aliphatic carbocycles. The highest BCUT2D eigenvalue weighted by atomic mass is 14.9. The van der Waals surface area contributed by atoms with Crippen molar-refractivity contribution in [3.05, 3.63) is 34.9 Å². The number of hydrogen-bond donors (Lipinski definition) is 1. The van der Waals surface area contributed by atoms with Crippen LogP contribution in [0.5, 0.6) is 0 Å². The summed E-state index contributed by atoms with van der Waals surface area (Å²) in [6, 6.07) is 7.56. The minimum absolute atomic E-state index is 0.650. The normalized spacial score (nSPS) is 17.1. The summed E-state index contributed by atoms with van der Waals surface area (Å²) in [5.41, 5.74) is 4.26. The zero-order valence-corrected chi connectivity index (χ0v) is 11.4. The van der Waals surface area contributed by atoms with Gasteiger partial charge in [0.15, 0.2) is 0 Å². The van der Waals surface area contributed by atoms with E-state index < -0.39 is 0 Å². The molecule has 1 aromatic rings. The fourth-order valence-electron chi connectivity index (χ4n) is 2.66. The summed E-state index contributed by atoms with van der Waals surface area (Å²) in [6.45, 7) is 4.38. The number of benzene rings is 1. The predicted molar refractivity (Wildman–Crippen MR) is 74.4 cm³/mol. The van der Waals surface area contributed by atoms with E-state index in [0.717, 1.165) is 5.92 Å². The maximum Gasteiger partial charge on any atom is 0.0105 e. The van der Waals surface area contributed by atoms with Crippen LogP contribution in [0.15, 0.2) is 18.2 Å². The van der Waals surface area contributed by atoms with Crippen molar-refractivity contribution in [3.63, 3.8) is 0 Å². The summed E-state index contributed by atoms with van der Waals surface area (Å²) in [7, 11) is 2.10. The van der Waals surface area contributed by atoms with Crippen LogP contribution in [-0.2, 0) is 6.42 Å². The zero-order valence-electron chi connectivity index (χ0n) is 11.4. The first-order valence-electron chi connectivity index (χ1n) is 6.92. The molecule has 1 aliphatic rings. The number of hydrogen-bond acceptors (Lipinski definition) is 1. The molecular formula is C16H25N. The highest BCUT2D eigenvalue weighted by Crippen LogP contribution is 2.34. The van der Waals surface area contributed by atoms with Crippen molar-refractivity contribution in [2.75, 3.05) is 7.05 Å². The molecule has 1 saturated carbocycles. The minimum Gasteiger partial charge on any atom is -0.317 e. The van der Waals surface area contributed by atoms with E-state index in [0.29, 0.717) is 6.04 Å². The lowest BCUT2D eigenvalue weighted by Crippen LogP contribution is -2.27. The summed E-state index contributed by atoms with van der Waals surface area (Å²) < 4.78 is 0. The first kappa shape index (κ1) is 12.6. The number of nitrogens with one attached hydrogen (secondary N) is 1. The molecule has 0 amide bonds. The molecule has 0 spiro atoms. The lowest BCUT2D eigenvalue weighted by Gasteiger charge is -2.16. The molecule has 1 atom stereocenters. The van der Waals surface area contributed by atoms with Crippen LogP contribution in [0, 0.1) is 19.8 Å². The Bertz CT molecular complexity index is 346. The van der Waals surface area contributed by atoms with Crippen LogP contribution in [0.3, 0.4) is 0 Å². The summed E-state index contributed by atoms with van der Waals surface area (Å²) >= 11 is 0. The van der Waals surface area contributed by atoms with E-state index in [1.165, 1.54) is 48.8 Å². The average Bonchev–Trinajstić information content (AvgIpc) is 3.06. The first-order valence-corrected chi connectivity index (χ1v) is 6.92. The molecule has 94 valence electrons. The standard InChI is InChI=1S/C16H25N/c1-12-8-13(2)10-15(9-12)11-16(17-3)7-6-14-4-5-14/h8-10,14,16-17H,4-7,11H2,1-3H3. The van der Waals surface area contributed by atoms with Crippen LogP contribution in [0.2, 0.25) is 0 Å². The van der Waals surface area contributed by atoms with Crippen molar-refractivity contribution in [2.24, 2.45) is 5.92 Å². The molecule has 0 heterocycles. The smallest absolute Gasteiger partial charge is 0.0105 e. The molecule has 1 unspecified atom stereocenters. The van der Waals surface area contributed by atoms with Gasteiger partial charge in [0, 0.05) is 6.04 Å². The molecule has 0 aliphatic heterocycles. The third-order valence-corrected chi connectivity index (χ3v) is 3.79. The van der Waals surface area contributed by atoms with Crippen molar-refractivity contribution in [2.45, 2.75) is 52.0 Å². The first-order chi connectivity index (χ1) is 8.17. The second-order valence-electron chi connectivity index (χ2n) is 5.71. The summed E-state index contributed by atoms with van der Waals surface area (Å²) in [6.07, 6.45) is 6.86. The van der Waals surface area contributed by atoms with Gasteiger partial charge >= 0.3 is 0 Å². The average molecular weight is 231 g/mol. The molecule has 0 saturated heterocycles. The number of likely N-dealkylation sites (N-methyl/N-ethyl adjacent to an activating group) is 1. The fraction of sp³-hybridized carbons (Fsp3) is 0.625. The highest BCUT2D eigenvalue weighted by molar-refractivity contribution is 5.29. The van der Waals surface area contributed by atoms with Crippen molar-refractivity contribution in [3.8, 4) is 0 Å². The molecular weight excluding hydrogens is 206 g/mol. The van der Waals surface area contributed by atoms with Crippen LogP contribution in [0.25, 0.3) is 0 Å². The molecule has 1 aromatic carbocycles. The minimum atomic E-state index is 0.650. The van der Waals surface area contributed by atoms with Crippen LogP contribution in [-0.4, -0.2) is 13.1 Å². The van der Waals surface area contributed by atoms with Gasteiger partial charge in [-0.2, -0.15) is 0 Å². The second kappa shape index (κ2) is 5.68. The maximum atomic E-state index is 3.47. The lowest BCUT2D eigenvalue weighted by molar-refractivity contribution is 0.485. The molecule has 1 N–H and O–H groups in total. The highest BCUT2D eigenvalue weighted by Gasteiger charge is 2.22. The monoisotopic (exact) mass is 231 g/mol.